The van der Waals surface area contributed by atoms with Crippen molar-refractivity contribution >= 4 is 21.6 Å². The highest BCUT2D eigenvalue weighted by molar-refractivity contribution is 9.10. The molecule has 0 aliphatic rings. The Balaban J connectivity index is 1.90. The second kappa shape index (κ2) is 8.02. The summed E-state index contributed by atoms with van der Waals surface area (Å²) in [4.78, 5) is 2.37. The number of benzene rings is 3. The number of hydrogen-bond acceptors (Lipinski definition) is 2. The molecule has 0 spiro atoms. The molecule has 0 amide bonds. The molecule has 0 heterocycles. The van der Waals surface area contributed by atoms with Gasteiger partial charge in [-0.05, 0) is 45.3 Å². The van der Waals surface area contributed by atoms with Crippen molar-refractivity contribution in [1.29, 1.82) is 0 Å². The van der Waals surface area contributed by atoms with Gasteiger partial charge in [0.1, 0.15) is 5.75 Å². The van der Waals surface area contributed by atoms with Crippen LogP contribution in [0.25, 0.3) is 0 Å². The van der Waals surface area contributed by atoms with Crippen molar-refractivity contribution in [3.8, 4) is 5.75 Å². The third kappa shape index (κ3) is 4.18. The molecule has 0 aliphatic carbocycles. The van der Waals surface area contributed by atoms with Crippen LogP contribution >= 0.6 is 15.9 Å². The standard InChI is InChI=1S/C21H20BrNO/c1-24-21-13-12-19(14-20(21)22)23(15-17-8-4-2-5-9-17)16-18-10-6-3-7-11-18/h2-14H,15-16H2,1H3. The van der Waals surface area contributed by atoms with E-state index in [1.54, 1.807) is 7.11 Å². The Morgan fingerprint density at radius 1 is 0.792 bits per heavy atom. The van der Waals surface area contributed by atoms with Gasteiger partial charge in [-0.2, -0.15) is 0 Å². The normalized spacial score (nSPS) is 10.4. The van der Waals surface area contributed by atoms with E-state index in [1.807, 2.05) is 6.07 Å². The number of ether oxygens (including phenoxy) is 1. The lowest BCUT2D eigenvalue weighted by Crippen LogP contribution is -2.22. The molecule has 24 heavy (non-hydrogen) atoms. The minimum atomic E-state index is 0.845. The SMILES string of the molecule is COc1ccc(N(Cc2ccccc2)Cc2ccccc2)cc1Br. The molecule has 0 aliphatic heterocycles. The number of anilines is 1. The van der Waals surface area contributed by atoms with Gasteiger partial charge in [-0.1, -0.05) is 60.7 Å². The van der Waals surface area contributed by atoms with Crippen molar-refractivity contribution in [2.45, 2.75) is 13.1 Å². The van der Waals surface area contributed by atoms with Gasteiger partial charge in [0.05, 0.1) is 11.6 Å². The highest BCUT2D eigenvalue weighted by Gasteiger charge is 2.11. The lowest BCUT2D eigenvalue weighted by Gasteiger charge is -2.26. The molecule has 0 bridgehead atoms. The highest BCUT2D eigenvalue weighted by atomic mass is 79.9. The zero-order valence-corrected chi connectivity index (χ0v) is 15.2. The fraction of sp³-hybridized carbons (Fsp3) is 0.143. The van der Waals surface area contributed by atoms with Crippen LogP contribution in [0.2, 0.25) is 0 Å². The van der Waals surface area contributed by atoms with Gasteiger partial charge < -0.3 is 9.64 Å². The molecule has 0 fully saturated rings. The van der Waals surface area contributed by atoms with E-state index < -0.39 is 0 Å². The first-order valence-electron chi connectivity index (χ1n) is 7.92. The number of methoxy groups -OCH3 is 1. The molecule has 0 N–H and O–H groups in total. The van der Waals surface area contributed by atoms with Gasteiger partial charge >= 0.3 is 0 Å². The lowest BCUT2D eigenvalue weighted by molar-refractivity contribution is 0.412. The Bertz CT molecular complexity index is 733. The minimum absolute atomic E-state index is 0.845. The summed E-state index contributed by atoms with van der Waals surface area (Å²) >= 11 is 3.59. The molecule has 3 heteroatoms. The van der Waals surface area contributed by atoms with Crippen LogP contribution in [0.1, 0.15) is 11.1 Å². The van der Waals surface area contributed by atoms with Crippen molar-refractivity contribution in [3.05, 3.63) is 94.5 Å². The fourth-order valence-corrected chi connectivity index (χ4v) is 3.23. The summed E-state index contributed by atoms with van der Waals surface area (Å²) in [5.41, 5.74) is 3.75. The molecule has 0 aromatic heterocycles. The van der Waals surface area contributed by atoms with E-state index in [1.165, 1.54) is 11.1 Å². The number of rotatable bonds is 6. The Morgan fingerprint density at radius 2 is 1.33 bits per heavy atom. The van der Waals surface area contributed by atoms with Crippen LogP contribution < -0.4 is 9.64 Å². The van der Waals surface area contributed by atoms with Gasteiger partial charge in [-0.3, -0.25) is 0 Å². The molecular formula is C21H20BrNO. The van der Waals surface area contributed by atoms with Crippen molar-refractivity contribution < 1.29 is 4.74 Å². The summed E-state index contributed by atoms with van der Waals surface area (Å²) in [7, 11) is 1.69. The number of nitrogens with zero attached hydrogens (tertiary/aromatic N) is 1. The van der Waals surface area contributed by atoms with Crippen LogP contribution in [0.15, 0.2) is 83.3 Å². The van der Waals surface area contributed by atoms with Gasteiger partial charge in [0, 0.05) is 18.8 Å². The van der Waals surface area contributed by atoms with Crippen LogP contribution in [-0.2, 0) is 13.1 Å². The third-order valence-corrected chi connectivity index (χ3v) is 4.55. The summed E-state index contributed by atoms with van der Waals surface area (Å²) < 4.78 is 6.32. The fourth-order valence-electron chi connectivity index (χ4n) is 2.70. The predicted octanol–water partition coefficient (Wildman–Crippen LogP) is 5.66. The van der Waals surface area contributed by atoms with Crippen molar-refractivity contribution in [1.82, 2.24) is 0 Å². The summed E-state index contributed by atoms with van der Waals surface area (Å²) in [5.74, 6) is 0.845. The molecule has 0 radical (unpaired) electrons. The van der Waals surface area contributed by atoms with Gasteiger partial charge in [-0.25, -0.2) is 0 Å². The molecular weight excluding hydrogens is 362 g/mol. The number of halogens is 1. The number of hydrogen-bond donors (Lipinski definition) is 0. The molecule has 3 aromatic rings. The lowest BCUT2D eigenvalue weighted by atomic mass is 10.1. The Morgan fingerprint density at radius 3 is 1.79 bits per heavy atom. The van der Waals surface area contributed by atoms with Crippen molar-refractivity contribution in [2.24, 2.45) is 0 Å². The maximum Gasteiger partial charge on any atom is 0.133 e. The topological polar surface area (TPSA) is 12.5 Å². The van der Waals surface area contributed by atoms with Crippen LogP contribution in [0.4, 0.5) is 5.69 Å². The van der Waals surface area contributed by atoms with Crippen LogP contribution in [0.3, 0.4) is 0 Å². The van der Waals surface area contributed by atoms with Crippen LogP contribution in [-0.4, -0.2) is 7.11 Å². The van der Waals surface area contributed by atoms with E-state index in [9.17, 15) is 0 Å². The molecule has 122 valence electrons. The van der Waals surface area contributed by atoms with E-state index in [0.717, 1.165) is 29.0 Å². The quantitative estimate of drug-likeness (QED) is 0.545. The first-order chi connectivity index (χ1) is 11.8. The molecule has 0 unspecified atom stereocenters. The highest BCUT2D eigenvalue weighted by Crippen LogP contribution is 2.31. The van der Waals surface area contributed by atoms with Crippen molar-refractivity contribution in [3.63, 3.8) is 0 Å². The predicted molar refractivity (Wildman–Crippen MR) is 103 cm³/mol. The summed E-state index contributed by atoms with van der Waals surface area (Å²) in [6.07, 6.45) is 0. The van der Waals surface area contributed by atoms with E-state index in [-0.39, 0.29) is 0 Å². The van der Waals surface area contributed by atoms with Crippen molar-refractivity contribution in [2.75, 3.05) is 12.0 Å². The monoisotopic (exact) mass is 381 g/mol. The van der Waals surface area contributed by atoms with Gasteiger partial charge in [0.25, 0.3) is 0 Å². The van der Waals surface area contributed by atoms with E-state index in [4.69, 9.17) is 4.74 Å². The molecule has 3 rings (SSSR count). The minimum Gasteiger partial charge on any atom is -0.496 e. The van der Waals surface area contributed by atoms with E-state index in [0.29, 0.717) is 0 Å². The second-order valence-electron chi connectivity index (χ2n) is 5.65. The Kier molecular flexibility index (Phi) is 5.55. The smallest absolute Gasteiger partial charge is 0.133 e. The average molecular weight is 382 g/mol. The molecule has 0 atom stereocenters. The summed E-state index contributed by atoms with van der Waals surface area (Å²) in [5, 5.41) is 0. The maximum atomic E-state index is 5.35. The van der Waals surface area contributed by atoms with E-state index in [2.05, 4.69) is 93.6 Å². The zero-order valence-electron chi connectivity index (χ0n) is 13.7. The molecule has 3 aromatic carbocycles. The first kappa shape index (κ1) is 16.6. The van der Waals surface area contributed by atoms with Gasteiger partial charge in [0.2, 0.25) is 0 Å². The maximum absolute atomic E-state index is 5.35. The van der Waals surface area contributed by atoms with E-state index >= 15 is 0 Å². The van der Waals surface area contributed by atoms with Crippen LogP contribution in [0, 0.1) is 0 Å². The third-order valence-electron chi connectivity index (χ3n) is 3.93. The molecule has 0 saturated carbocycles. The summed E-state index contributed by atoms with van der Waals surface area (Å²) in [6, 6.07) is 27.3. The van der Waals surface area contributed by atoms with Gasteiger partial charge in [-0.15, -0.1) is 0 Å². The van der Waals surface area contributed by atoms with Crippen LogP contribution in [0.5, 0.6) is 5.75 Å². The Hall–Kier alpha value is -2.26. The Labute approximate surface area is 151 Å². The summed E-state index contributed by atoms with van der Waals surface area (Å²) in [6.45, 7) is 1.71. The average Bonchev–Trinajstić information content (AvgIpc) is 2.63. The van der Waals surface area contributed by atoms with Gasteiger partial charge in [0.15, 0.2) is 0 Å². The second-order valence-corrected chi connectivity index (χ2v) is 6.50. The molecule has 0 saturated heterocycles. The first-order valence-corrected chi connectivity index (χ1v) is 8.72. The zero-order chi connectivity index (χ0) is 16.8. The largest absolute Gasteiger partial charge is 0.496 e. The molecule has 2 nitrogen and oxygen atoms in total.